The van der Waals surface area contributed by atoms with Gasteiger partial charge in [0.1, 0.15) is 0 Å². The summed E-state index contributed by atoms with van der Waals surface area (Å²) in [6.45, 7) is 8.58. The summed E-state index contributed by atoms with van der Waals surface area (Å²) in [4.78, 5) is 4.22. The lowest BCUT2D eigenvalue weighted by molar-refractivity contribution is 0.398. The molecule has 21 heavy (non-hydrogen) atoms. The average Bonchev–Trinajstić information content (AvgIpc) is 2.42. The zero-order chi connectivity index (χ0) is 15.5. The van der Waals surface area contributed by atoms with Crippen molar-refractivity contribution in [3.63, 3.8) is 0 Å². The first-order chi connectivity index (χ1) is 9.87. The smallest absolute Gasteiger partial charge is 0.223 e. The van der Waals surface area contributed by atoms with Crippen molar-refractivity contribution >= 4 is 0 Å². The van der Waals surface area contributed by atoms with Gasteiger partial charge < -0.3 is 10.1 Å². The van der Waals surface area contributed by atoms with Crippen molar-refractivity contribution in [3.8, 4) is 11.6 Å². The molecule has 1 aromatic heterocycles. The highest BCUT2D eigenvalue weighted by Gasteiger charge is 2.14. The number of aryl methyl sites for hydroxylation is 1. The quantitative estimate of drug-likeness (QED) is 0.915. The van der Waals surface area contributed by atoms with Gasteiger partial charge in [0.2, 0.25) is 5.88 Å². The molecule has 112 valence electrons. The van der Waals surface area contributed by atoms with E-state index in [0.29, 0.717) is 18.0 Å². The SMILES string of the molecule is Cc1cccc(Oc2ncccc2CNC(C)(C)C)c1F. The van der Waals surface area contributed by atoms with E-state index in [0.717, 1.165) is 5.56 Å². The molecule has 0 bridgehead atoms. The van der Waals surface area contributed by atoms with E-state index in [4.69, 9.17) is 4.74 Å². The molecule has 3 nitrogen and oxygen atoms in total. The normalized spacial score (nSPS) is 11.5. The van der Waals surface area contributed by atoms with Crippen LogP contribution in [0.3, 0.4) is 0 Å². The largest absolute Gasteiger partial charge is 0.436 e. The van der Waals surface area contributed by atoms with Crippen molar-refractivity contribution in [1.29, 1.82) is 0 Å². The first-order valence-electron chi connectivity index (χ1n) is 6.99. The summed E-state index contributed by atoms with van der Waals surface area (Å²) in [5.74, 6) is 0.280. The van der Waals surface area contributed by atoms with Crippen LogP contribution in [-0.2, 0) is 6.54 Å². The molecule has 0 aliphatic rings. The minimum atomic E-state index is -0.349. The Morgan fingerprint density at radius 2 is 1.95 bits per heavy atom. The van der Waals surface area contributed by atoms with E-state index < -0.39 is 0 Å². The molecule has 0 atom stereocenters. The van der Waals surface area contributed by atoms with Crippen LogP contribution >= 0.6 is 0 Å². The number of nitrogens with one attached hydrogen (secondary N) is 1. The number of nitrogens with zero attached hydrogens (tertiary/aromatic N) is 1. The fourth-order valence-corrected chi connectivity index (χ4v) is 1.81. The van der Waals surface area contributed by atoms with Crippen LogP contribution in [-0.4, -0.2) is 10.5 Å². The maximum atomic E-state index is 14.0. The van der Waals surface area contributed by atoms with E-state index in [1.807, 2.05) is 12.1 Å². The molecule has 1 N–H and O–H groups in total. The molecule has 2 rings (SSSR count). The molecule has 2 aromatic rings. The van der Waals surface area contributed by atoms with Gasteiger partial charge in [0, 0.05) is 23.8 Å². The van der Waals surface area contributed by atoms with Crippen molar-refractivity contribution in [2.24, 2.45) is 0 Å². The summed E-state index contributed by atoms with van der Waals surface area (Å²) in [6.07, 6.45) is 1.64. The van der Waals surface area contributed by atoms with E-state index in [9.17, 15) is 4.39 Å². The van der Waals surface area contributed by atoms with Crippen LogP contribution in [0, 0.1) is 12.7 Å². The highest BCUT2D eigenvalue weighted by Crippen LogP contribution is 2.27. The second kappa shape index (κ2) is 6.22. The summed E-state index contributed by atoms with van der Waals surface area (Å²) in [5, 5.41) is 3.38. The Morgan fingerprint density at radius 1 is 1.19 bits per heavy atom. The third-order valence-electron chi connectivity index (χ3n) is 3.02. The molecule has 0 aliphatic heterocycles. The van der Waals surface area contributed by atoms with Crippen molar-refractivity contribution < 1.29 is 9.13 Å². The van der Waals surface area contributed by atoms with Gasteiger partial charge in [-0.2, -0.15) is 0 Å². The van der Waals surface area contributed by atoms with E-state index >= 15 is 0 Å². The first-order valence-corrected chi connectivity index (χ1v) is 6.99. The number of benzene rings is 1. The minimum absolute atomic E-state index is 0.0122. The lowest BCUT2D eigenvalue weighted by Crippen LogP contribution is -2.35. The van der Waals surface area contributed by atoms with Gasteiger partial charge in [-0.05, 0) is 45.4 Å². The van der Waals surface area contributed by atoms with Gasteiger partial charge in [-0.1, -0.05) is 18.2 Å². The van der Waals surface area contributed by atoms with Crippen LogP contribution in [0.1, 0.15) is 31.9 Å². The van der Waals surface area contributed by atoms with E-state index in [1.165, 1.54) is 0 Å². The van der Waals surface area contributed by atoms with Crippen LogP contribution in [0.25, 0.3) is 0 Å². The molecule has 0 unspecified atom stereocenters. The lowest BCUT2D eigenvalue weighted by atomic mass is 10.1. The molecule has 0 saturated carbocycles. The van der Waals surface area contributed by atoms with Gasteiger partial charge in [-0.15, -0.1) is 0 Å². The number of rotatable bonds is 4. The highest BCUT2D eigenvalue weighted by molar-refractivity contribution is 5.35. The van der Waals surface area contributed by atoms with E-state index in [2.05, 4.69) is 31.1 Å². The summed E-state index contributed by atoms with van der Waals surface area (Å²) in [7, 11) is 0. The van der Waals surface area contributed by atoms with Crippen LogP contribution in [0.5, 0.6) is 11.6 Å². The van der Waals surface area contributed by atoms with Crippen molar-refractivity contribution in [3.05, 3.63) is 53.5 Å². The number of hydrogen-bond donors (Lipinski definition) is 1. The second-order valence-electron chi connectivity index (χ2n) is 6.06. The maximum absolute atomic E-state index is 14.0. The van der Waals surface area contributed by atoms with Gasteiger partial charge in [0.25, 0.3) is 0 Å². The number of ether oxygens (including phenoxy) is 1. The molecular weight excluding hydrogens is 267 g/mol. The monoisotopic (exact) mass is 288 g/mol. The number of halogens is 1. The fraction of sp³-hybridized carbons (Fsp3) is 0.353. The Bertz CT molecular complexity index is 620. The van der Waals surface area contributed by atoms with Crippen molar-refractivity contribution in [1.82, 2.24) is 10.3 Å². The van der Waals surface area contributed by atoms with Gasteiger partial charge in [-0.3, -0.25) is 0 Å². The first kappa shape index (κ1) is 15.4. The molecule has 0 spiro atoms. The van der Waals surface area contributed by atoms with Gasteiger partial charge in [-0.25, -0.2) is 9.37 Å². The van der Waals surface area contributed by atoms with Crippen LogP contribution in [0.4, 0.5) is 4.39 Å². The predicted octanol–water partition coefficient (Wildman–Crippen LogP) is 4.21. The molecule has 1 aromatic carbocycles. The standard InChI is InChI=1S/C17H21FN2O/c1-12-7-5-9-14(15(12)18)21-16-13(8-6-10-19-16)11-20-17(2,3)4/h5-10,20H,11H2,1-4H3. The third kappa shape index (κ3) is 4.26. The molecule has 0 radical (unpaired) electrons. The van der Waals surface area contributed by atoms with Gasteiger partial charge >= 0.3 is 0 Å². The molecule has 1 heterocycles. The lowest BCUT2D eigenvalue weighted by Gasteiger charge is -2.21. The molecule has 0 fully saturated rings. The predicted molar refractivity (Wildman–Crippen MR) is 82.0 cm³/mol. The van der Waals surface area contributed by atoms with Crippen LogP contribution in [0.15, 0.2) is 36.5 Å². The Hall–Kier alpha value is -1.94. The highest BCUT2D eigenvalue weighted by atomic mass is 19.1. The minimum Gasteiger partial charge on any atom is -0.436 e. The van der Waals surface area contributed by atoms with Crippen LogP contribution in [0.2, 0.25) is 0 Å². The Balaban J connectivity index is 2.22. The summed E-state index contributed by atoms with van der Waals surface area (Å²) >= 11 is 0. The third-order valence-corrected chi connectivity index (χ3v) is 3.02. The second-order valence-corrected chi connectivity index (χ2v) is 6.06. The summed E-state index contributed by atoms with van der Waals surface area (Å²) < 4.78 is 19.7. The van der Waals surface area contributed by atoms with Crippen LogP contribution < -0.4 is 10.1 Å². The van der Waals surface area contributed by atoms with Gasteiger partial charge in [0.15, 0.2) is 11.6 Å². The molecule has 0 amide bonds. The van der Waals surface area contributed by atoms with E-state index in [-0.39, 0.29) is 17.1 Å². The molecule has 0 aliphatic carbocycles. The van der Waals surface area contributed by atoms with E-state index in [1.54, 1.807) is 31.3 Å². The molecular formula is C17H21FN2O. The Kier molecular flexibility index (Phi) is 4.58. The Labute approximate surface area is 125 Å². The zero-order valence-corrected chi connectivity index (χ0v) is 12.9. The topological polar surface area (TPSA) is 34.1 Å². The molecule has 4 heteroatoms. The van der Waals surface area contributed by atoms with Crippen molar-refractivity contribution in [2.75, 3.05) is 0 Å². The average molecular weight is 288 g/mol. The zero-order valence-electron chi connectivity index (χ0n) is 12.9. The number of hydrogen-bond acceptors (Lipinski definition) is 3. The maximum Gasteiger partial charge on any atom is 0.223 e. The summed E-state index contributed by atoms with van der Waals surface area (Å²) in [5.41, 5.74) is 1.44. The van der Waals surface area contributed by atoms with Crippen molar-refractivity contribution in [2.45, 2.75) is 39.8 Å². The summed E-state index contributed by atoms with van der Waals surface area (Å²) in [6, 6.07) is 8.86. The Morgan fingerprint density at radius 3 is 2.67 bits per heavy atom. The molecule has 0 saturated heterocycles. The number of pyridine rings is 1. The van der Waals surface area contributed by atoms with Gasteiger partial charge in [0.05, 0.1) is 0 Å². The fourth-order valence-electron chi connectivity index (χ4n) is 1.81. The number of aromatic nitrogens is 1.